The van der Waals surface area contributed by atoms with Gasteiger partial charge in [-0.15, -0.1) is 0 Å². The van der Waals surface area contributed by atoms with Crippen LogP contribution in [0.15, 0.2) is 4.99 Å². The number of guanidine groups is 1. The smallest absolute Gasteiger partial charge is 0.191 e. The van der Waals surface area contributed by atoms with Crippen molar-refractivity contribution in [2.45, 2.75) is 70.8 Å². The van der Waals surface area contributed by atoms with Crippen molar-refractivity contribution < 1.29 is 9.84 Å². The first-order valence-corrected chi connectivity index (χ1v) is 9.02. The summed E-state index contributed by atoms with van der Waals surface area (Å²) >= 11 is 0. The molecule has 1 aliphatic carbocycles. The number of nitrogens with zero attached hydrogens (tertiary/aromatic N) is 1. The average molecular weight is 313 g/mol. The first-order valence-electron chi connectivity index (χ1n) is 9.02. The molecule has 5 heteroatoms. The fourth-order valence-corrected chi connectivity index (χ4v) is 2.67. The number of hydrogen-bond donors (Lipinski definition) is 3. The molecular formula is C17H35N3O2. The predicted octanol–water partition coefficient (Wildman–Crippen LogP) is 2.44. The topological polar surface area (TPSA) is 65.9 Å². The fraction of sp³-hybridized carbons (Fsp3) is 0.941. The summed E-state index contributed by atoms with van der Waals surface area (Å²) in [4.78, 5) is 4.56. The third-order valence-electron chi connectivity index (χ3n) is 4.06. The van der Waals surface area contributed by atoms with Gasteiger partial charge in [-0.05, 0) is 32.6 Å². The van der Waals surface area contributed by atoms with Gasteiger partial charge in [-0.2, -0.15) is 0 Å². The van der Waals surface area contributed by atoms with Gasteiger partial charge < -0.3 is 20.5 Å². The quantitative estimate of drug-likeness (QED) is 0.329. The average Bonchev–Trinajstić information content (AvgIpc) is 2.52. The third kappa shape index (κ3) is 8.59. The standard InChI is InChI=1S/C17H35N3O2/c1-3-5-13-22-14-9-12-19-16(18-4-2)20-15-17(21)10-7-6-8-11-17/h21H,3-15H2,1-2H3,(H2,18,19,20). The van der Waals surface area contributed by atoms with Crippen molar-refractivity contribution in [3.8, 4) is 0 Å². The zero-order valence-corrected chi connectivity index (χ0v) is 14.5. The molecule has 1 saturated carbocycles. The number of aliphatic hydroxyl groups is 1. The van der Waals surface area contributed by atoms with E-state index in [9.17, 15) is 5.11 Å². The Morgan fingerprint density at radius 1 is 1.09 bits per heavy atom. The van der Waals surface area contributed by atoms with Crippen LogP contribution in [-0.2, 0) is 4.74 Å². The van der Waals surface area contributed by atoms with E-state index < -0.39 is 5.60 Å². The number of aliphatic imine (C=N–C) groups is 1. The second kappa shape index (κ2) is 11.7. The fourth-order valence-electron chi connectivity index (χ4n) is 2.67. The van der Waals surface area contributed by atoms with Gasteiger partial charge in [0, 0.05) is 26.3 Å². The van der Waals surface area contributed by atoms with E-state index in [2.05, 4.69) is 29.5 Å². The van der Waals surface area contributed by atoms with Crippen molar-refractivity contribution in [2.24, 2.45) is 4.99 Å². The number of hydrogen-bond acceptors (Lipinski definition) is 3. The lowest BCUT2D eigenvalue weighted by Crippen LogP contribution is -2.41. The van der Waals surface area contributed by atoms with Gasteiger partial charge in [-0.3, -0.25) is 4.99 Å². The zero-order chi connectivity index (χ0) is 16.1. The van der Waals surface area contributed by atoms with Gasteiger partial charge in [0.15, 0.2) is 5.96 Å². The van der Waals surface area contributed by atoms with Crippen molar-refractivity contribution in [3.63, 3.8) is 0 Å². The molecule has 1 fully saturated rings. The first-order chi connectivity index (χ1) is 10.7. The van der Waals surface area contributed by atoms with E-state index in [4.69, 9.17) is 4.74 Å². The van der Waals surface area contributed by atoms with Crippen molar-refractivity contribution in [1.29, 1.82) is 0 Å². The number of unbranched alkanes of at least 4 members (excludes halogenated alkanes) is 1. The second-order valence-corrected chi connectivity index (χ2v) is 6.23. The van der Waals surface area contributed by atoms with Gasteiger partial charge >= 0.3 is 0 Å². The van der Waals surface area contributed by atoms with E-state index in [0.29, 0.717) is 6.54 Å². The summed E-state index contributed by atoms with van der Waals surface area (Å²) in [5, 5.41) is 17.1. The second-order valence-electron chi connectivity index (χ2n) is 6.23. The monoisotopic (exact) mass is 313 g/mol. The molecule has 1 aliphatic rings. The molecule has 0 aliphatic heterocycles. The van der Waals surface area contributed by atoms with E-state index in [-0.39, 0.29) is 0 Å². The normalized spacial score (nSPS) is 18.2. The lowest BCUT2D eigenvalue weighted by Gasteiger charge is -2.30. The van der Waals surface area contributed by atoms with E-state index in [1.54, 1.807) is 0 Å². The Morgan fingerprint density at radius 3 is 2.50 bits per heavy atom. The Balaban J connectivity index is 2.23. The molecule has 0 heterocycles. The molecule has 0 saturated heterocycles. The molecule has 0 unspecified atom stereocenters. The molecule has 3 N–H and O–H groups in total. The Kier molecular flexibility index (Phi) is 10.2. The Labute approximate surface area is 135 Å². The number of ether oxygens (including phenoxy) is 1. The van der Waals surface area contributed by atoms with Crippen LogP contribution in [0.3, 0.4) is 0 Å². The first kappa shape index (κ1) is 19.2. The summed E-state index contributed by atoms with van der Waals surface area (Å²) in [6.07, 6.45) is 8.51. The van der Waals surface area contributed by atoms with Crippen LogP contribution in [0, 0.1) is 0 Å². The minimum atomic E-state index is -0.593. The molecule has 130 valence electrons. The van der Waals surface area contributed by atoms with Crippen molar-refractivity contribution in [2.75, 3.05) is 32.8 Å². The third-order valence-corrected chi connectivity index (χ3v) is 4.06. The largest absolute Gasteiger partial charge is 0.388 e. The zero-order valence-electron chi connectivity index (χ0n) is 14.5. The van der Waals surface area contributed by atoms with E-state index >= 15 is 0 Å². The van der Waals surface area contributed by atoms with Gasteiger partial charge in [0.2, 0.25) is 0 Å². The molecule has 1 rings (SSSR count). The minimum Gasteiger partial charge on any atom is -0.388 e. The molecule has 0 amide bonds. The highest BCUT2D eigenvalue weighted by molar-refractivity contribution is 5.79. The Bertz CT molecular complexity index is 302. The summed E-state index contributed by atoms with van der Waals surface area (Å²) in [6, 6.07) is 0. The lowest BCUT2D eigenvalue weighted by atomic mass is 9.85. The summed E-state index contributed by atoms with van der Waals surface area (Å²) in [5.41, 5.74) is -0.593. The van der Waals surface area contributed by atoms with E-state index in [1.807, 2.05) is 0 Å². The SMILES string of the molecule is CCCCOCCCNC(=NCC1(O)CCCCC1)NCC. The van der Waals surface area contributed by atoms with Gasteiger partial charge in [0.05, 0.1) is 12.1 Å². The van der Waals surface area contributed by atoms with Crippen molar-refractivity contribution >= 4 is 5.96 Å². The molecule has 0 spiro atoms. The van der Waals surface area contributed by atoms with Gasteiger partial charge in [0.1, 0.15) is 0 Å². The van der Waals surface area contributed by atoms with E-state index in [0.717, 1.165) is 70.8 Å². The molecular weight excluding hydrogens is 278 g/mol. The summed E-state index contributed by atoms with van der Waals surface area (Å²) in [5.74, 6) is 0.801. The Hall–Kier alpha value is -0.810. The Morgan fingerprint density at radius 2 is 1.82 bits per heavy atom. The van der Waals surface area contributed by atoms with Gasteiger partial charge in [-0.25, -0.2) is 0 Å². The van der Waals surface area contributed by atoms with Crippen LogP contribution < -0.4 is 10.6 Å². The molecule has 5 nitrogen and oxygen atoms in total. The maximum absolute atomic E-state index is 10.5. The van der Waals surface area contributed by atoms with Crippen LogP contribution in [0.5, 0.6) is 0 Å². The highest BCUT2D eigenvalue weighted by Crippen LogP contribution is 2.28. The molecule has 22 heavy (non-hydrogen) atoms. The van der Waals surface area contributed by atoms with Gasteiger partial charge in [0.25, 0.3) is 0 Å². The molecule has 0 atom stereocenters. The molecule has 0 aromatic carbocycles. The minimum absolute atomic E-state index is 0.495. The maximum Gasteiger partial charge on any atom is 0.191 e. The van der Waals surface area contributed by atoms with Gasteiger partial charge in [-0.1, -0.05) is 32.6 Å². The molecule has 0 radical (unpaired) electrons. The maximum atomic E-state index is 10.5. The van der Waals surface area contributed by atoms with Crippen LogP contribution in [0.1, 0.15) is 65.2 Å². The van der Waals surface area contributed by atoms with Crippen LogP contribution in [0.25, 0.3) is 0 Å². The van der Waals surface area contributed by atoms with Crippen LogP contribution >= 0.6 is 0 Å². The van der Waals surface area contributed by atoms with E-state index in [1.165, 1.54) is 12.8 Å². The molecule has 0 aromatic heterocycles. The summed E-state index contributed by atoms with van der Waals surface area (Å²) < 4.78 is 5.55. The van der Waals surface area contributed by atoms with Crippen molar-refractivity contribution in [3.05, 3.63) is 0 Å². The van der Waals surface area contributed by atoms with Crippen molar-refractivity contribution in [1.82, 2.24) is 10.6 Å². The summed E-state index contributed by atoms with van der Waals surface area (Å²) in [6.45, 7) is 8.04. The predicted molar refractivity (Wildman–Crippen MR) is 92.4 cm³/mol. The van der Waals surface area contributed by atoms with Crippen LogP contribution in [0.4, 0.5) is 0 Å². The molecule has 0 bridgehead atoms. The van der Waals surface area contributed by atoms with Crippen LogP contribution in [0.2, 0.25) is 0 Å². The number of rotatable bonds is 10. The highest BCUT2D eigenvalue weighted by Gasteiger charge is 2.28. The molecule has 0 aromatic rings. The lowest BCUT2D eigenvalue weighted by molar-refractivity contribution is 0.0131. The summed E-state index contributed by atoms with van der Waals surface area (Å²) in [7, 11) is 0. The van der Waals surface area contributed by atoms with Crippen LogP contribution in [-0.4, -0.2) is 49.5 Å². The highest BCUT2D eigenvalue weighted by atomic mass is 16.5. The number of nitrogens with one attached hydrogen (secondary N) is 2.